The molecule has 0 aliphatic rings. The summed E-state index contributed by atoms with van der Waals surface area (Å²) in [5, 5.41) is 11.1. The van der Waals surface area contributed by atoms with Crippen molar-refractivity contribution < 1.29 is 9.47 Å². The number of ether oxygens (including phenoxy) is 2. The lowest BCUT2D eigenvalue weighted by Gasteiger charge is -2.11. The minimum absolute atomic E-state index is 0.0764. The van der Waals surface area contributed by atoms with Gasteiger partial charge in [0.1, 0.15) is 5.75 Å². The first-order valence-corrected chi connectivity index (χ1v) is 12.0. The monoisotopic (exact) mass is 492 g/mol. The lowest BCUT2D eigenvalue weighted by Crippen LogP contribution is -2.24. The Morgan fingerprint density at radius 1 is 1.09 bits per heavy atom. The number of para-hydroxylation sites is 1. The van der Waals surface area contributed by atoms with E-state index in [1.807, 2.05) is 35.6 Å². The van der Waals surface area contributed by atoms with Crippen LogP contribution in [0.15, 0.2) is 52.4 Å². The summed E-state index contributed by atoms with van der Waals surface area (Å²) in [6.07, 6.45) is 0.714. The summed E-state index contributed by atoms with van der Waals surface area (Å²) in [4.78, 5) is 13.1. The first-order chi connectivity index (χ1) is 15.6. The van der Waals surface area contributed by atoms with Gasteiger partial charge in [0.25, 0.3) is 5.56 Å². The largest absolute Gasteiger partial charge is 0.491 e. The van der Waals surface area contributed by atoms with Crippen molar-refractivity contribution in [1.29, 1.82) is 0 Å². The van der Waals surface area contributed by atoms with Crippen LogP contribution in [0.25, 0.3) is 16.7 Å². The molecule has 0 radical (unpaired) electrons. The van der Waals surface area contributed by atoms with Crippen molar-refractivity contribution in [3.05, 3.63) is 62.9 Å². The Labute approximate surface area is 199 Å². The maximum absolute atomic E-state index is 13.1. The number of thioether (sulfide) groups is 1. The topological polar surface area (TPSA) is 70.7 Å². The number of aromatic nitrogens is 4. The molecule has 0 fully saturated rings. The van der Waals surface area contributed by atoms with Crippen LogP contribution < -0.4 is 10.3 Å². The molecule has 7 nitrogen and oxygen atoms in total. The normalized spacial score (nSPS) is 11.5. The molecule has 0 spiro atoms. The highest BCUT2D eigenvalue weighted by Gasteiger charge is 2.16. The molecule has 0 amide bonds. The van der Waals surface area contributed by atoms with Crippen LogP contribution in [0.3, 0.4) is 0 Å². The fourth-order valence-corrected chi connectivity index (χ4v) is 4.46. The molecule has 168 valence electrons. The molecule has 0 aliphatic carbocycles. The second-order valence-electron chi connectivity index (χ2n) is 6.91. The number of nitrogens with zero attached hydrogens (tertiary/aromatic N) is 4. The number of hydrogen-bond donors (Lipinski definition) is 0. The maximum Gasteiger partial charge on any atom is 0.262 e. The van der Waals surface area contributed by atoms with E-state index in [9.17, 15) is 4.79 Å². The zero-order chi connectivity index (χ0) is 22.5. The molecule has 0 atom stereocenters. The molecule has 2 aromatic carbocycles. The highest BCUT2D eigenvalue weighted by molar-refractivity contribution is 7.99. The SMILES string of the molecule is CCOCCCn1c(=O)c2ccccc2n2c(SCCOc3cc(Cl)ccc3Cl)nnc12. The van der Waals surface area contributed by atoms with Crippen LogP contribution in [0.1, 0.15) is 13.3 Å². The minimum atomic E-state index is -0.0764. The molecular formula is C22H22Cl2N4O3S. The van der Waals surface area contributed by atoms with Crippen LogP contribution in [0.2, 0.25) is 10.0 Å². The number of benzene rings is 2. The van der Waals surface area contributed by atoms with E-state index < -0.39 is 0 Å². The van der Waals surface area contributed by atoms with E-state index in [0.29, 0.717) is 70.7 Å². The van der Waals surface area contributed by atoms with E-state index in [1.165, 1.54) is 11.8 Å². The van der Waals surface area contributed by atoms with Crippen molar-refractivity contribution in [3.8, 4) is 5.75 Å². The van der Waals surface area contributed by atoms with Gasteiger partial charge < -0.3 is 9.47 Å². The van der Waals surface area contributed by atoms with Gasteiger partial charge in [0.15, 0.2) is 5.16 Å². The van der Waals surface area contributed by atoms with Gasteiger partial charge >= 0.3 is 0 Å². The molecule has 10 heteroatoms. The van der Waals surface area contributed by atoms with Gasteiger partial charge in [-0.3, -0.25) is 13.8 Å². The average Bonchev–Trinajstić information content (AvgIpc) is 3.22. The molecule has 2 heterocycles. The molecule has 0 N–H and O–H groups in total. The molecule has 0 saturated carbocycles. The smallest absolute Gasteiger partial charge is 0.262 e. The van der Waals surface area contributed by atoms with Gasteiger partial charge in [0.05, 0.1) is 22.5 Å². The zero-order valence-corrected chi connectivity index (χ0v) is 19.8. The van der Waals surface area contributed by atoms with Crippen molar-refractivity contribution in [2.75, 3.05) is 25.6 Å². The van der Waals surface area contributed by atoms with E-state index >= 15 is 0 Å². The van der Waals surface area contributed by atoms with Crippen LogP contribution >= 0.6 is 35.0 Å². The summed E-state index contributed by atoms with van der Waals surface area (Å²) in [5.41, 5.74) is 0.701. The van der Waals surface area contributed by atoms with Crippen molar-refractivity contribution in [1.82, 2.24) is 19.2 Å². The number of fused-ring (bicyclic) bond motifs is 3. The molecule has 0 bridgehead atoms. The summed E-state index contributed by atoms with van der Waals surface area (Å²) in [6.45, 7) is 4.10. The summed E-state index contributed by atoms with van der Waals surface area (Å²) < 4.78 is 14.8. The molecule has 2 aromatic heterocycles. The van der Waals surface area contributed by atoms with E-state index in [4.69, 9.17) is 32.7 Å². The number of halogens is 2. The Morgan fingerprint density at radius 2 is 1.94 bits per heavy atom. The third-order valence-corrected chi connectivity index (χ3v) is 6.26. The van der Waals surface area contributed by atoms with Crippen molar-refractivity contribution in [2.24, 2.45) is 0 Å². The number of aryl methyl sites for hydroxylation is 1. The predicted octanol–water partition coefficient (Wildman–Crippen LogP) is 4.95. The Kier molecular flexibility index (Phi) is 7.57. The van der Waals surface area contributed by atoms with Crippen molar-refractivity contribution in [2.45, 2.75) is 25.0 Å². The van der Waals surface area contributed by atoms with E-state index in [-0.39, 0.29) is 5.56 Å². The third-order valence-electron chi connectivity index (χ3n) is 4.82. The highest BCUT2D eigenvalue weighted by atomic mass is 35.5. The number of rotatable bonds is 10. The average molecular weight is 493 g/mol. The van der Waals surface area contributed by atoms with Crippen LogP contribution in [-0.2, 0) is 11.3 Å². The summed E-state index contributed by atoms with van der Waals surface area (Å²) in [5.74, 6) is 1.67. The zero-order valence-electron chi connectivity index (χ0n) is 17.5. The summed E-state index contributed by atoms with van der Waals surface area (Å²) in [7, 11) is 0. The first kappa shape index (κ1) is 22.9. The lowest BCUT2D eigenvalue weighted by molar-refractivity contribution is 0.141. The predicted molar refractivity (Wildman–Crippen MR) is 129 cm³/mol. The van der Waals surface area contributed by atoms with Gasteiger partial charge in [-0.2, -0.15) is 0 Å². The quantitative estimate of drug-likeness (QED) is 0.230. The maximum atomic E-state index is 13.1. The number of hydrogen-bond acceptors (Lipinski definition) is 6. The van der Waals surface area contributed by atoms with Crippen molar-refractivity contribution >= 4 is 51.6 Å². The molecule has 0 saturated heterocycles. The highest BCUT2D eigenvalue weighted by Crippen LogP contribution is 2.28. The molecule has 4 aromatic rings. The van der Waals surface area contributed by atoms with Gasteiger partial charge in [-0.1, -0.05) is 47.1 Å². The standard InChI is InChI=1S/C22H22Cl2N4O3S/c1-2-30-11-5-10-27-20(29)16-6-3-4-7-18(16)28-21(27)25-26-22(28)32-13-12-31-19-14-15(23)8-9-17(19)24/h3-4,6-9,14H,2,5,10-13H2,1H3. The first-order valence-electron chi connectivity index (χ1n) is 10.2. The Morgan fingerprint density at radius 3 is 2.78 bits per heavy atom. The van der Waals surface area contributed by atoms with Gasteiger partial charge in [-0.15, -0.1) is 10.2 Å². The van der Waals surface area contributed by atoms with E-state index in [1.54, 1.807) is 22.8 Å². The van der Waals surface area contributed by atoms with Gasteiger partial charge in [-0.05, 0) is 37.6 Å². The Bertz CT molecular complexity index is 1290. The molecular weight excluding hydrogens is 471 g/mol. The van der Waals surface area contributed by atoms with Crippen LogP contribution in [0, 0.1) is 0 Å². The molecule has 32 heavy (non-hydrogen) atoms. The second kappa shape index (κ2) is 10.6. The fourth-order valence-electron chi connectivity index (χ4n) is 3.37. The van der Waals surface area contributed by atoms with E-state index in [0.717, 1.165) is 5.52 Å². The van der Waals surface area contributed by atoms with Crippen LogP contribution in [0.5, 0.6) is 5.75 Å². The van der Waals surface area contributed by atoms with Crippen LogP contribution in [-0.4, -0.2) is 44.7 Å². The lowest BCUT2D eigenvalue weighted by atomic mass is 10.2. The summed E-state index contributed by atoms with van der Waals surface area (Å²) >= 11 is 13.7. The second-order valence-corrected chi connectivity index (χ2v) is 8.82. The van der Waals surface area contributed by atoms with Crippen LogP contribution in [0.4, 0.5) is 0 Å². The molecule has 0 aliphatic heterocycles. The summed E-state index contributed by atoms with van der Waals surface area (Å²) in [6, 6.07) is 12.6. The van der Waals surface area contributed by atoms with E-state index in [2.05, 4.69) is 10.2 Å². The minimum Gasteiger partial charge on any atom is -0.491 e. The molecule has 0 unspecified atom stereocenters. The van der Waals surface area contributed by atoms with Gasteiger partial charge in [-0.25, -0.2) is 0 Å². The molecule has 4 rings (SSSR count). The van der Waals surface area contributed by atoms with Crippen molar-refractivity contribution in [3.63, 3.8) is 0 Å². The van der Waals surface area contributed by atoms with Gasteiger partial charge in [0, 0.05) is 36.6 Å². The Balaban J connectivity index is 1.58. The fraction of sp³-hybridized carbons (Fsp3) is 0.318. The third kappa shape index (κ3) is 4.88. The van der Waals surface area contributed by atoms with Gasteiger partial charge in [0.2, 0.25) is 5.78 Å². The Hall–Kier alpha value is -2.26.